The summed E-state index contributed by atoms with van der Waals surface area (Å²) < 4.78 is 2.09. The fraction of sp³-hybridized carbons (Fsp3) is 0.474. The zero-order valence-corrected chi connectivity index (χ0v) is 13.3. The third-order valence-corrected chi connectivity index (χ3v) is 5.21. The number of aromatic nitrogens is 1. The molecule has 120 valence electrons. The van der Waals surface area contributed by atoms with Gasteiger partial charge in [0.15, 0.2) is 0 Å². The number of aryl methyl sites for hydroxylation is 2. The Bertz CT molecular complexity index is 816. The normalized spacial score (nSPS) is 18.1. The summed E-state index contributed by atoms with van der Waals surface area (Å²) >= 11 is 0. The van der Waals surface area contributed by atoms with Gasteiger partial charge in [0.05, 0.1) is 5.52 Å². The highest BCUT2D eigenvalue weighted by Gasteiger charge is 2.22. The lowest BCUT2D eigenvalue weighted by molar-refractivity contribution is 0.0926. The fourth-order valence-corrected chi connectivity index (χ4v) is 4.03. The molecule has 4 rings (SSSR count). The van der Waals surface area contributed by atoms with Crippen molar-refractivity contribution in [3.8, 4) is 0 Å². The summed E-state index contributed by atoms with van der Waals surface area (Å²) in [4.78, 5) is 25.4. The SMILES string of the molecule is O=C(NC1CCCCC1)c1cn2c3c(cccc3c1=O)CCC2. The summed E-state index contributed by atoms with van der Waals surface area (Å²) in [6.45, 7) is 0.873. The molecular weight excluding hydrogens is 288 g/mol. The van der Waals surface area contributed by atoms with Crippen LogP contribution in [0.2, 0.25) is 0 Å². The molecule has 0 atom stereocenters. The molecule has 4 nitrogen and oxygen atoms in total. The van der Waals surface area contributed by atoms with Gasteiger partial charge in [0, 0.05) is 24.2 Å². The summed E-state index contributed by atoms with van der Waals surface area (Å²) in [6.07, 6.45) is 9.45. The van der Waals surface area contributed by atoms with E-state index >= 15 is 0 Å². The first kappa shape index (κ1) is 14.5. The highest BCUT2D eigenvalue weighted by atomic mass is 16.2. The average molecular weight is 310 g/mol. The van der Waals surface area contributed by atoms with Crippen molar-refractivity contribution < 1.29 is 4.79 Å². The Balaban J connectivity index is 1.74. The second-order valence-corrected chi connectivity index (χ2v) is 6.79. The molecule has 0 bridgehead atoms. The molecule has 1 aliphatic carbocycles. The molecule has 1 N–H and O–H groups in total. The van der Waals surface area contributed by atoms with Crippen LogP contribution in [0.15, 0.2) is 29.2 Å². The summed E-state index contributed by atoms with van der Waals surface area (Å²) in [5.41, 5.74) is 2.39. The maximum Gasteiger partial charge on any atom is 0.256 e. The van der Waals surface area contributed by atoms with Gasteiger partial charge in [0.2, 0.25) is 5.43 Å². The first-order valence-electron chi connectivity index (χ1n) is 8.70. The van der Waals surface area contributed by atoms with E-state index in [2.05, 4.69) is 16.0 Å². The van der Waals surface area contributed by atoms with E-state index in [4.69, 9.17) is 0 Å². The van der Waals surface area contributed by atoms with Crippen molar-refractivity contribution in [1.82, 2.24) is 9.88 Å². The predicted octanol–water partition coefficient (Wildman–Crippen LogP) is 3.01. The van der Waals surface area contributed by atoms with Crippen LogP contribution in [-0.4, -0.2) is 16.5 Å². The van der Waals surface area contributed by atoms with E-state index in [9.17, 15) is 9.59 Å². The molecule has 2 aromatic rings. The molecule has 2 aliphatic rings. The zero-order chi connectivity index (χ0) is 15.8. The number of nitrogens with zero attached hydrogens (tertiary/aromatic N) is 1. The third kappa shape index (κ3) is 2.56. The molecule has 2 heterocycles. The molecule has 0 saturated heterocycles. The highest BCUT2D eigenvalue weighted by molar-refractivity contribution is 5.98. The molecule has 1 fully saturated rings. The van der Waals surface area contributed by atoms with Crippen LogP contribution in [0.4, 0.5) is 0 Å². The number of hydrogen-bond acceptors (Lipinski definition) is 2. The second kappa shape index (κ2) is 5.84. The molecule has 4 heteroatoms. The number of hydrogen-bond donors (Lipinski definition) is 1. The largest absolute Gasteiger partial charge is 0.349 e. The van der Waals surface area contributed by atoms with Crippen molar-refractivity contribution in [2.45, 2.75) is 57.5 Å². The Morgan fingerprint density at radius 3 is 2.78 bits per heavy atom. The Morgan fingerprint density at radius 1 is 1.13 bits per heavy atom. The maximum atomic E-state index is 12.8. The van der Waals surface area contributed by atoms with Crippen LogP contribution in [-0.2, 0) is 13.0 Å². The van der Waals surface area contributed by atoms with Gasteiger partial charge in [-0.25, -0.2) is 0 Å². The Kier molecular flexibility index (Phi) is 3.68. The molecule has 0 radical (unpaired) electrons. The van der Waals surface area contributed by atoms with Crippen LogP contribution in [0.5, 0.6) is 0 Å². The molecular formula is C19H22N2O2. The smallest absolute Gasteiger partial charge is 0.256 e. The van der Waals surface area contributed by atoms with E-state index in [-0.39, 0.29) is 17.4 Å². The van der Waals surface area contributed by atoms with Gasteiger partial charge in [-0.1, -0.05) is 31.4 Å². The van der Waals surface area contributed by atoms with E-state index in [1.807, 2.05) is 12.1 Å². The highest BCUT2D eigenvalue weighted by Crippen LogP contribution is 2.23. The topological polar surface area (TPSA) is 51.1 Å². The minimum Gasteiger partial charge on any atom is -0.349 e. The quantitative estimate of drug-likeness (QED) is 0.927. The number of benzene rings is 1. The van der Waals surface area contributed by atoms with Crippen LogP contribution in [0.3, 0.4) is 0 Å². The number of rotatable bonds is 2. The van der Waals surface area contributed by atoms with E-state index < -0.39 is 0 Å². The lowest BCUT2D eigenvalue weighted by Crippen LogP contribution is -2.38. The van der Waals surface area contributed by atoms with Gasteiger partial charge in [-0.3, -0.25) is 9.59 Å². The maximum absolute atomic E-state index is 12.8. The summed E-state index contributed by atoms with van der Waals surface area (Å²) in [6, 6.07) is 6.08. The van der Waals surface area contributed by atoms with Gasteiger partial charge in [-0.15, -0.1) is 0 Å². The number of carbonyl (C=O) groups is 1. The lowest BCUT2D eigenvalue weighted by Gasteiger charge is -2.24. The monoisotopic (exact) mass is 310 g/mol. The summed E-state index contributed by atoms with van der Waals surface area (Å²) in [7, 11) is 0. The number of carbonyl (C=O) groups excluding carboxylic acids is 1. The van der Waals surface area contributed by atoms with Crippen LogP contribution >= 0.6 is 0 Å². The van der Waals surface area contributed by atoms with Crippen molar-refractivity contribution in [3.05, 3.63) is 45.7 Å². The number of pyridine rings is 1. The number of amides is 1. The minimum absolute atomic E-state index is 0.131. The standard InChI is InChI=1S/C19H22N2O2/c22-18-15-10-4-6-13-7-5-11-21(17(13)15)12-16(18)19(23)20-14-8-2-1-3-9-14/h4,6,10,12,14H,1-3,5,7-9,11H2,(H,20,23). The first-order valence-corrected chi connectivity index (χ1v) is 8.70. The van der Waals surface area contributed by atoms with Crippen molar-refractivity contribution in [2.24, 2.45) is 0 Å². The van der Waals surface area contributed by atoms with Crippen molar-refractivity contribution in [2.75, 3.05) is 0 Å². The molecule has 1 saturated carbocycles. The van der Waals surface area contributed by atoms with Gasteiger partial charge in [-0.05, 0) is 37.3 Å². The number of nitrogens with one attached hydrogen (secondary N) is 1. The Labute approximate surface area is 135 Å². The van der Waals surface area contributed by atoms with Crippen LogP contribution in [0, 0.1) is 0 Å². The summed E-state index contributed by atoms with van der Waals surface area (Å²) in [5.74, 6) is -0.205. The van der Waals surface area contributed by atoms with Gasteiger partial charge in [0.1, 0.15) is 5.56 Å². The van der Waals surface area contributed by atoms with Crippen molar-refractivity contribution in [3.63, 3.8) is 0 Å². The Hall–Kier alpha value is -2.10. The number of para-hydroxylation sites is 1. The van der Waals surface area contributed by atoms with Gasteiger partial charge in [-0.2, -0.15) is 0 Å². The van der Waals surface area contributed by atoms with E-state index in [0.29, 0.717) is 10.9 Å². The third-order valence-electron chi connectivity index (χ3n) is 5.21. The van der Waals surface area contributed by atoms with Crippen LogP contribution < -0.4 is 10.7 Å². The minimum atomic E-state index is -0.205. The van der Waals surface area contributed by atoms with Gasteiger partial charge < -0.3 is 9.88 Å². The molecule has 1 amide bonds. The Morgan fingerprint density at radius 2 is 1.96 bits per heavy atom. The average Bonchev–Trinajstić information content (AvgIpc) is 2.59. The fourth-order valence-electron chi connectivity index (χ4n) is 4.03. The zero-order valence-electron chi connectivity index (χ0n) is 13.3. The molecule has 0 unspecified atom stereocenters. The van der Waals surface area contributed by atoms with Crippen LogP contribution in [0.25, 0.3) is 10.9 Å². The van der Waals surface area contributed by atoms with Gasteiger partial charge >= 0.3 is 0 Å². The first-order chi connectivity index (χ1) is 11.2. The van der Waals surface area contributed by atoms with Crippen molar-refractivity contribution >= 4 is 16.8 Å². The lowest BCUT2D eigenvalue weighted by atomic mass is 9.95. The predicted molar refractivity (Wildman–Crippen MR) is 90.9 cm³/mol. The van der Waals surface area contributed by atoms with Crippen molar-refractivity contribution in [1.29, 1.82) is 0 Å². The molecule has 0 spiro atoms. The van der Waals surface area contributed by atoms with E-state index in [0.717, 1.165) is 50.6 Å². The molecule has 1 aliphatic heterocycles. The van der Waals surface area contributed by atoms with Crippen LogP contribution in [0.1, 0.15) is 54.4 Å². The molecule has 1 aromatic carbocycles. The van der Waals surface area contributed by atoms with E-state index in [1.54, 1.807) is 6.20 Å². The second-order valence-electron chi connectivity index (χ2n) is 6.79. The molecule has 1 aromatic heterocycles. The summed E-state index contributed by atoms with van der Waals surface area (Å²) in [5, 5.41) is 3.75. The van der Waals surface area contributed by atoms with E-state index in [1.165, 1.54) is 12.0 Å². The van der Waals surface area contributed by atoms with Gasteiger partial charge in [0.25, 0.3) is 5.91 Å². The molecule has 23 heavy (non-hydrogen) atoms.